The molecule has 1 heterocycles. The first-order valence-corrected chi connectivity index (χ1v) is 8.30. The van der Waals surface area contributed by atoms with E-state index >= 15 is 0 Å². The molecule has 4 nitrogen and oxygen atoms in total. The summed E-state index contributed by atoms with van der Waals surface area (Å²) in [5, 5.41) is 3.16. The molecule has 0 spiro atoms. The monoisotopic (exact) mass is 268 g/mol. The highest BCUT2D eigenvalue weighted by molar-refractivity contribution is 7.91. The van der Waals surface area contributed by atoms with Gasteiger partial charge in [-0.25, -0.2) is 8.42 Å². The van der Waals surface area contributed by atoms with Crippen LogP contribution in [0.5, 0.6) is 0 Å². The number of hydrogen-bond donors (Lipinski definition) is 1. The fourth-order valence-corrected chi connectivity index (χ4v) is 4.07. The maximum Gasteiger partial charge on any atom is 0.151 e. The van der Waals surface area contributed by atoms with Gasteiger partial charge in [-0.05, 0) is 31.9 Å². The Morgan fingerprint density at radius 3 is 2.78 bits per heavy atom. The topological polar surface area (TPSA) is 59.1 Å². The molecule has 3 atom stereocenters. The van der Waals surface area contributed by atoms with Gasteiger partial charge in [0.15, 0.2) is 9.84 Å². The minimum atomic E-state index is -2.96. The van der Waals surface area contributed by atoms with Crippen LogP contribution in [0.3, 0.4) is 0 Å². The number of pyridine rings is 1. The molecular weight excluding hydrogens is 248 g/mol. The average Bonchev–Trinajstić information content (AvgIpc) is 2.78. The van der Waals surface area contributed by atoms with Crippen LogP contribution in [-0.4, -0.2) is 30.9 Å². The molecule has 0 aromatic carbocycles. The Morgan fingerprint density at radius 2 is 2.17 bits per heavy atom. The van der Waals surface area contributed by atoms with E-state index in [9.17, 15) is 8.42 Å². The van der Waals surface area contributed by atoms with E-state index in [0.29, 0.717) is 0 Å². The lowest BCUT2D eigenvalue weighted by molar-refractivity contribution is 0.450. The standard InChI is InChI=1S/C13H20N2O2S/c1-10(11-6-3-4-9-14-11)15-12-7-5-8-13(12)18(2,16)17/h3-4,6,9-10,12-13,15H,5,7-8H2,1-2H3/t10-,12?,13?/m1/s1. The molecule has 0 bridgehead atoms. The lowest BCUT2D eigenvalue weighted by atomic mass is 10.1. The number of nitrogens with zero attached hydrogens (tertiary/aromatic N) is 1. The highest BCUT2D eigenvalue weighted by atomic mass is 32.2. The molecule has 0 aliphatic heterocycles. The van der Waals surface area contributed by atoms with Gasteiger partial charge in [0.1, 0.15) is 0 Å². The smallest absolute Gasteiger partial charge is 0.151 e. The van der Waals surface area contributed by atoms with Crippen LogP contribution in [0.4, 0.5) is 0 Å². The highest BCUT2D eigenvalue weighted by Crippen LogP contribution is 2.27. The van der Waals surface area contributed by atoms with Crippen LogP contribution in [0.15, 0.2) is 24.4 Å². The first-order valence-electron chi connectivity index (χ1n) is 6.34. The first-order chi connectivity index (χ1) is 8.48. The maximum atomic E-state index is 11.7. The lowest BCUT2D eigenvalue weighted by Gasteiger charge is -2.23. The Bertz CT molecular complexity index is 487. The van der Waals surface area contributed by atoms with Crippen LogP contribution in [0.25, 0.3) is 0 Å². The molecule has 1 aliphatic rings. The van der Waals surface area contributed by atoms with Gasteiger partial charge in [0.05, 0.1) is 10.9 Å². The van der Waals surface area contributed by atoms with Gasteiger partial charge in [0.25, 0.3) is 0 Å². The van der Waals surface area contributed by atoms with Gasteiger partial charge in [-0.1, -0.05) is 12.5 Å². The van der Waals surface area contributed by atoms with Crippen LogP contribution < -0.4 is 5.32 Å². The predicted molar refractivity (Wildman–Crippen MR) is 72.1 cm³/mol. The van der Waals surface area contributed by atoms with Crippen LogP contribution in [0, 0.1) is 0 Å². The molecule has 18 heavy (non-hydrogen) atoms. The van der Waals surface area contributed by atoms with Gasteiger partial charge < -0.3 is 5.32 Å². The minimum Gasteiger partial charge on any atom is -0.305 e. The molecule has 1 N–H and O–H groups in total. The van der Waals surface area contributed by atoms with Crippen LogP contribution in [0.2, 0.25) is 0 Å². The Kier molecular flexibility index (Phi) is 4.02. The molecule has 2 rings (SSSR count). The van der Waals surface area contributed by atoms with E-state index in [0.717, 1.165) is 25.0 Å². The van der Waals surface area contributed by atoms with Crippen molar-refractivity contribution in [2.75, 3.05) is 6.26 Å². The molecule has 0 saturated heterocycles. The van der Waals surface area contributed by atoms with Gasteiger partial charge in [0, 0.05) is 24.5 Å². The van der Waals surface area contributed by atoms with E-state index in [1.54, 1.807) is 6.20 Å². The molecule has 0 radical (unpaired) electrons. The molecule has 0 amide bonds. The molecule has 1 fully saturated rings. The van der Waals surface area contributed by atoms with Gasteiger partial charge in [-0.3, -0.25) is 4.98 Å². The summed E-state index contributed by atoms with van der Waals surface area (Å²) in [7, 11) is -2.96. The Balaban J connectivity index is 2.05. The zero-order valence-electron chi connectivity index (χ0n) is 10.8. The third kappa shape index (κ3) is 3.09. The van der Waals surface area contributed by atoms with E-state index in [2.05, 4.69) is 10.3 Å². The average molecular weight is 268 g/mol. The predicted octanol–water partition coefficient (Wildman–Crippen LogP) is 1.70. The molecule has 2 unspecified atom stereocenters. The van der Waals surface area contributed by atoms with Crippen molar-refractivity contribution in [3.05, 3.63) is 30.1 Å². The van der Waals surface area contributed by atoms with Crippen molar-refractivity contribution in [3.63, 3.8) is 0 Å². The van der Waals surface area contributed by atoms with E-state index in [-0.39, 0.29) is 17.3 Å². The molecule has 100 valence electrons. The van der Waals surface area contributed by atoms with E-state index in [1.807, 2.05) is 25.1 Å². The van der Waals surface area contributed by atoms with Crippen molar-refractivity contribution >= 4 is 9.84 Å². The van der Waals surface area contributed by atoms with Crippen molar-refractivity contribution in [2.24, 2.45) is 0 Å². The molecule has 1 aromatic heterocycles. The quantitative estimate of drug-likeness (QED) is 0.903. The van der Waals surface area contributed by atoms with Gasteiger partial charge in [-0.2, -0.15) is 0 Å². The normalized spacial score (nSPS) is 26.1. The SMILES string of the molecule is C[C@@H](NC1CCCC1S(C)(=O)=O)c1ccccn1. The van der Waals surface area contributed by atoms with E-state index in [1.165, 1.54) is 6.26 Å². The maximum absolute atomic E-state index is 11.7. The fourth-order valence-electron chi connectivity index (χ4n) is 2.67. The van der Waals surface area contributed by atoms with Crippen molar-refractivity contribution in [3.8, 4) is 0 Å². The number of hydrogen-bond acceptors (Lipinski definition) is 4. The summed E-state index contributed by atoms with van der Waals surface area (Å²) in [5.74, 6) is 0. The first kappa shape index (κ1) is 13.5. The Morgan fingerprint density at radius 1 is 1.39 bits per heavy atom. The van der Waals surface area contributed by atoms with E-state index in [4.69, 9.17) is 0 Å². The summed E-state index contributed by atoms with van der Waals surface area (Å²) in [5.41, 5.74) is 0.955. The molecular formula is C13H20N2O2S. The van der Waals surface area contributed by atoms with Gasteiger partial charge in [0.2, 0.25) is 0 Å². The Labute approximate surface area is 109 Å². The zero-order chi connectivity index (χ0) is 13.2. The van der Waals surface area contributed by atoms with Gasteiger partial charge >= 0.3 is 0 Å². The largest absolute Gasteiger partial charge is 0.305 e. The van der Waals surface area contributed by atoms with Crippen molar-refractivity contribution in [2.45, 2.75) is 43.5 Å². The second kappa shape index (κ2) is 5.36. The zero-order valence-corrected chi connectivity index (χ0v) is 11.7. The third-order valence-corrected chi connectivity index (χ3v) is 5.26. The summed E-state index contributed by atoms with van der Waals surface area (Å²) >= 11 is 0. The van der Waals surface area contributed by atoms with Crippen molar-refractivity contribution in [1.29, 1.82) is 0 Å². The molecule has 1 saturated carbocycles. The second-order valence-corrected chi connectivity index (χ2v) is 7.31. The van der Waals surface area contributed by atoms with Crippen LogP contribution in [-0.2, 0) is 9.84 Å². The number of aromatic nitrogens is 1. The highest BCUT2D eigenvalue weighted by Gasteiger charge is 2.35. The third-order valence-electron chi connectivity index (χ3n) is 3.60. The molecule has 1 aromatic rings. The summed E-state index contributed by atoms with van der Waals surface area (Å²) in [6.07, 6.45) is 5.77. The van der Waals surface area contributed by atoms with Crippen molar-refractivity contribution in [1.82, 2.24) is 10.3 Å². The summed E-state index contributed by atoms with van der Waals surface area (Å²) < 4.78 is 23.4. The Hall–Kier alpha value is -0.940. The summed E-state index contributed by atoms with van der Waals surface area (Å²) in [4.78, 5) is 4.30. The summed E-state index contributed by atoms with van der Waals surface area (Å²) in [6.45, 7) is 2.03. The van der Waals surface area contributed by atoms with Crippen LogP contribution in [0.1, 0.15) is 37.9 Å². The lowest BCUT2D eigenvalue weighted by Crippen LogP contribution is -2.41. The van der Waals surface area contributed by atoms with Gasteiger partial charge in [-0.15, -0.1) is 0 Å². The number of nitrogens with one attached hydrogen (secondary N) is 1. The fraction of sp³-hybridized carbons (Fsp3) is 0.615. The number of sulfone groups is 1. The van der Waals surface area contributed by atoms with Crippen molar-refractivity contribution < 1.29 is 8.42 Å². The molecule has 1 aliphatic carbocycles. The minimum absolute atomic E-state index is 0.0528. The number of rotatable bonds is 4. The second-order valence-electron chi connectivity index (χ2n) is 5.05. The van der Waals surface area contributed by atoms with Crippen LogP contribution >= 0.6 is 0 Å². The van der Waals surface area contributed by atoms with E-state index < -0.39 is 9.84 Å². The summed E-state index contributed by atoms with van der Waals surface area (Å²) in [6, 6.07) is 5.92. The molecule has 5 heteroatoms.